The molecule has 0 aliphatic heterocycles. The van der Waals surface area contributed by atoms with E-state index in [0.717, 1.165) is 56.0 Å². The molecule has 8 rings (SSSR count). The highest BCUT2D eigenvalue weighted by Gasteiger charge is 2.20. The molecule has 8 aromatic rings. The van der Waals surface area contributed by atoms with Gasteiger partial charge in [0.1, 0.15) is 0 Å². The van der Waals surface area contributed by atoms with E-state index in [9.17, 15) is 0 Å². The highest BCUT2D eigenvalue weighted by atomic mass is 15.1. The standard InChI is InChI=1S/C58H54N2/c1-9-10-20-53-44(24-23-41(2)59(49-34-28-47(29-35-49)57(3,4)5)51-32-25-42-16-11-13-18-45(42)39-51)27-38-55-54(53)21-15-22-56(55)60(50-36-30-48(31-37-50)58(6,7)8)52-33-26-43-17-12-14-19-46(43)40-52/h9-40H,1-2H2,3-8H3/b20-10-,24-23-. The molecule has 0 radical (unpaired) electrons. The monoisotopic (exact) mass is 778 g/mol. The number of hydrogen-bond acceptors (Lipinski definition) is 2. The van der Waals surface area contributed by atoms with Crippen LogP contribution in [0.5, 0.6) is 0 Å². The van der Waals surface area contributed by atoms with Gasteiger partial charge in [0.05, 0.1) is 5.69 Å². The van der Waals surface area contributed by atoms with Gasteiger partial charge in [-0.1, -0.05) is 188 Å². The highest BCUT2D eigenvalue weighted by molar-refractivity contribution is 6.05. The first-order chi connectivity index (χ1) is 28.9. The highest BCUT2D eigenvalue weighted by Crippen LogP contribution is 2.42. The van der Waals surface area contributed by atoms with Crippen LogP contribution in [0.3, 0.4) is 0 Å². The molecule has 60 heavy (non-hydrogen) atoms. The average molecular weight is 779 g/mol. The van der Waals surface area contributed by atoms with Gasteiger partial charge in [0.25, 0.3) is 0 Å². The Labute approximate surface area is 356 Å². The molecule has 0 bridgehead atoms. The number of nitrogens with zero attached hydrogens (tertiary/aromatic N) is 2. The molecule has 0 aromatic heterocycles. The van der Waals surface area contributed by atoms with Crippen LogP contribution in [0.2, 0.25) is 0 Å². The van der Waals surface area contributed by atoms with E-state index in [2.05, 4.69) is 247 Å². The molecular weight excluding hydrogens is 725 g/mol. The summed E-state index contributed by atoms with van der Waals surface area (Å²) in [5.74, 6) is 0. The Bertz CT molecular complexity index is 2910. The molecular formula is C58H54N2. The number of allylic oxidation sites excluding steroid dienone is 3. The zero-order chi connectivity index (χ0) is 42.0. The summed E-state index contributed by atoms with van der Waals surface area (Å²) in [5.41, 5.74) is 11.2. The van der Waals surface area contributed by atoms with Crippen molar-refractivity contribution < 1.29 is 0 Å². The molecule has 0 aliphatic rings. The Hall–Kier alpha value is -6.90. The summed E-state index contributed by atoms with van der Waals surface area (Å²) < 4.78 is 0. The van der Waals surface area contributed by atoms with Crippen molar-refractivity contribution in [3.8, 4) is 0 Å². The fourth-order valence-electron chi connectivity index (χ4n) is 8.09. The molecule has 0 spiro atoms. The van der Waals surface area contributed by atoms with Crippen molar-refractivity contribution in [2.24, 2.45) is 0 Å². The molecule has 0 saturated heterocycles. The summed E-state index contributed by atoms with van der Waals surface area (Å²) in [6, 6.07) is 59.5. The molecule has 2 nitrogen and oxygen atoms in total. The SMILES string of the molecule is C=C/C=C\c1c(/C=C\C(=C)N(c2ccc(C(C)(C)C)cc2)c2ccc3ccccc3c2)ccc2c(N(c3ccc(C(C)(C)C)cc3)c3ccc4ccccc4c3)cccc12. The Kier molecular flexibility index (Phi) is 10.9. The second-order valence-corrected chi connectivity index (χ2v) is 17.7. The minimum absolute atomic E-state index is 0.0523. The lowest BCUT2D eigenvalue weighted by atomic mass is 9.87. The molecule has 8 aromatic carbocycles. The molecule has 0 atom stereocenters. The molecule has 296 valence electrons. The first-order valence-corrected chi connectivity index (χ1v) is 20.9. The second kappa shape index (κ2) is 16.4. The van der Waals surface area contributed by atoms with E-state index in [4.69, 9.17) is 0 Å². The lowest BCUT2D eigenvalue weighted by Crippen LogP contribution is -2.15. The molecule has 2 heteroatoms. The Balaban J connectivity index is 1.24. The predicted octanol–water partition coefficient (Wildman–Crippen LogP) is 16.8. The minimum Gasteiger partial charge on any atom is -0.311 e. The number of fused-ring (bicyclic) bond motifs is 3. The third-order valence-corrected chi connectivity index (χ3v) is 11.5. The van der Waals surface area contributed by atoms with Crippen LogP contribution in [0.4, 0.5) is 28.4 Å². The maximum absolute atomic E-state index is 4.67. The predicted molar refractivity (Wildman–Crippen MR) is 263 cm³/mol. The molecule has 0 fully saturated rings. The number of benzene rings is 8. The van der Waals surface area contributed by atoms with Crippen molar-refractivity contribution in [2.45, 2.75) is 52.4 Å². The van der Waals surface area contributed by atoms with Crippen molar-refractivity contribution in [3.05, 3.63) is 223 Å². The maximum atomic E-state index is 4.67. The third kappa shape index (κ3) is 8.20. The van der Waals surface area contributed by atoms with Gasteiger partial charge in [0.15, 0.2) is 0 Å². The van der Waals surface area contributed by atoms with Gasteiger partial charge < -0.3 is 9.80 Å². The quantitative estimate of drug-likeness (QED) is 0.128. The smallest absolute Gasteiger partial charge is 0.0540 e. The number of anilines is 5. The van der Waals surface area contributed by atoms with Crippen LogP contribution in [0.15, 0.2) is 201 Å². The van der Waals surface area contributed by atoms with Crippen molar-refractivity contribution >= 4 is 72.9 Å². The van der Waals surface area contributed by atoms with Gasteiger partial charge in [-0.3, -0.25) is 0 Å². The van der Waals surface area contributed by atoms with Gasteiger partial charge in [-0.2, -0.15) is 0 Å². The topological polar surface area (TPSA) is 6.48 Å². The van der Waals surface area contributed by atoms with Crippen LogP contribution in [0, 0.1) is 0 Å². The largest absolute Gasteiger partial charge is 0.311 e. The van der Waals surface area contributed by atoms with Crippen molar-refractivity contribution in [2.75, 3.05) is 9.80 Å². The summed E-state index contributed by atoms with van der Waals surface area (Å²) in [5, 5.41) is 7.13. The van der Waals surface area contributed by atoms with Crippen molar-refractivity contribution in [1.29, 1.82) is 0 Å². The Morgan fingerprint density at radius 2 is 1.02 bits per heavy atom. The van der Waals surface area contributed by atoms with Crippen LogP contribution < -0.4 is 9.80 Å². The maximum Gasteiger partial charge on any atom is 0.0540 e. The Morgan fingerprint density at radius 1 is 0.483 bits per heavy atom. The molecule has 0 N–H and O–H groups in total. The molecule has 0 heterocycles. The fraction of sp³-hybridized carbons (Fsp3) is 0.138. The van der Waals surface area contributed by atoms with Crippen LogP contribution in [0.1, 0.15) is 63.8 Å². The van der Waals surface area contributed by atoms with E-state index in [1.165, 1.54) is 32.7 Å². The number of hydrogen-bond donors (Lipinski definition) is 0. The van der Waals surface area contributed by atoms with Crippen LogP contribution in [-0.2, 0) is 10.8 Å². The number of rotatable bonds is 10. The van der Waals surface area contributed by atoms with E-state index < -0.39 is 0 Å². The van der Waals surface area contributed by atoms with Gasteiger partial charge >= 0.3 is 0 Å². The summed E-state index contributed by atoms with van der Waals surface area (Å²) in [7, 11) is 0. The van der Waals surface area contributed by atoms with Crippen LogP contribution in [0.25, 0.3) is 44.5 Å². The molecule has 0 aliphatic carbocycles. The van der Waals surface area contributed by atoms with E-state index in [1.807, 2.05) is 12.2 Å². The summed E-state index contributed by atoms with van der Waals surface area (Å²) in [6.45, 7) is 22.2. The summed E-state index contributed by atoms with van der Waals surface area (Å²) >= 11 is 0. The van der Waals surface area contributed by atoms with Crippen LogP contribution in [-0.4, -0.2) is 0 Å². The lowest BCUT2D eigenvalue weighted by molar-refractivity contribution is 0.590. The zero-order valence-electron chi connectivity index (χ0n) is 35.8. The van der Waals surface area contributed by atoms with Gasteiger partial charge in [0.2, 0.25) is 0 Å². The zero-order valence-corrected chi connectivity index (χ0v) is 35.8. The minimum atomic E-state index is 0.0523. The average Bonchev–Trinajstić information content (AvgIpc) is 3.25. The van der Waals surface area contributed by atoms with E-state index in [0.29, 0.717) is 0 Å². The van der Waals surface area contributed by atoms with E-state index >= 15 is 0 Å². The summed E-state index contributed by atoms with van der Waals surface area (Å²) in [4.78, 5) is 4.64. The van der Waals surface area contributed by atoms with E-state index in [1.54, 1.807) is 0 Å². The summed E-state index contributed by atoms with van der Waals surface area (Å²) in [6.07, 6.45) is 10.4. The molecule has 0 saturated carbocycles. The molecule has 0 unspecified atom stereocenters. The van der Waals surface area contributed by atoms with Crippen LogP contribution >= 0.6 is 0 Å². The van der Waals surface area contributed by atoms with E-state index in [-0.39, 0.29) is 10.8 Å². The van der Waals surface area contributed by atoms with Gasteiger partial charge in [0, 0.05) is 33.8 Å². The third-order valence-electron chi connectivity index (χ3n) is 11.5. The van der Waals surface area contributed by atoms with Crippen molar-refractivity contribution in [1.82, 2.24) is 0 Å². The second-order valence-electron chi connectivity index (χ2n) is 17.7. The van der Waals surface area contributed by atoms with Gasteiger partial charge in [-0.15, -0.1) is 0 Å². The normalized spacial score (nSPS) is 12.2. The van der Waals surface area contributed by atoms with Gasteiger partial charge in [-0.05, 0) is 121 Å². The Morgan fingerprint density at radius 3 is 1.60 bits per heavy atom. The lowest BCUT2D eigenvalue weighted by Gasteiger charge is -2.29. The fourth-order valence-corrected chi connectivity index (χ4v) is 8.09. The first-order valence-electron chi connectivity index (χ1n) is 20.9. The molecule has 0 amide bonds. The first kappa shape index (κ1) is 39.9. The van der Waals surface area contributed by atoms with Crippen molar-refractivity contribution in [3.63, 3.8) is 0 Å². The van der Waals surface area contributed by atoms with Gasteiger partial charge in [-0.25, -0.2) is 0 Å².